The number of esters is 1. The summed E-state index contributed by atoms with van der Waals surface area (Å²) in [5.74, 6) is -0.898. The first-order chi connectivity index (χ1) is 10.1. The standard InChI is InChI=1S/C16H15NO3S/c1-12-5-2-3-7-14(12)17-15(18)11-20-16(19)9-8-13-6-4-10-21-13/h2-10H,11H2,1H3,(H,17,18)/b9-8+. The van der Waals surface area contributed by atoms with Crippen molar-refractivity contribution in [3.63, 3.8) is 0 Å². The zero-order valence-electron chi connectivity index (χ0n) is 11.5. The van der Waals surface area contributed by atoms with E-state index in [1.165, 1.54) is 17.4 Å². The van der Waals surface area contributed by atoms with Crippen molar-refractivity contribution in [3.8, 4) is 0 Å². The van der Waals surface area contributed by atoms with Crippen LogP contribution in [0, 0.1) is 6.92 Å². The first-order valence-electron chi connectivity index (χ1n) is 6.39. The van der Waals surface area contributed by atoms with Crippen LogP contribution in [0.3, 0.4) is 0 Å². The zero-order valence-corrected chi connectivity index (χ0v) is 12.4. The fourth-order valence-electron chi connectivity index (χ4n) is 1.62. The van der Waals surface area contributed by atoms with Crippen molar-refractivity contribution in [2.24, 2.45) is 0 Å². The van der Waals surface area contributed by atoms with Gasteiger partial charge in [-0.15, -0.1) is 11.3 Å². The molecule has 1 aromatic carbocycles. The molecule has 0 aliphatic heterocycles. The summed E-state index contributed by atoms with van der Waals surface area (Å²) >= 11 is 1.52. The number of nitrogens with one attached hydrogen (secondary N) is 1. The lowest BCUT2D eigenvalue weighted by Gasteiger charge is -2.07. The van der Waals surface area contributed by atoms with Gasteiger partial charge < -0.3 is 10.1 Å². The van der Waals surface area contributed by atoms with E-state index < -0.39 is 5.97 Å². The Balaban J connectivity index is 1.79. The molecule has 0 atom stereocenters. The van der Waals surface area contributed by atoms with Gasteiger partial charge in [0, 0.05) is 16.6 Å². The Morgan fingerprint density at radius 2 is 2.05 bits per heavy atom. The van der Waals surface area contributed by atoms with E-state index in [2.05, 4.69) is 5.32 Å². The number of carbonyl (C=O) groups is 2. The zero-order chi connectivity index (χ0) is 15.1. The fourth-order valence-corrected chi connectivity index (χ4v) is 2.24. The van der Waals surface area contributed by atoms with Gasteiger partial charge in [-0.2, -0.15) is 0 Å². The van der Waals surface area contributed by atoms with Gasteiger partial charge in [-0.05, 0) is 36.1 Å². The highest BCUT2D eigenvalue weighted by atomic mass is 32.1. The Kier molecular flexibility index (Phi) is 5.29. The van der Waals surface area contributed by atoms with Gasteiger partial charge in [0.15, 0.2) is 6.61 Å². The summed E-state index contributed by atoms with van der Waals surface area (Å²) in [6.07, 6.45) is 2.97. The van der Waals surface area contributed by atoms with Gasteiger partial charge in [-0.25, -0.2) is 4.79 Å². The average molecular weight is 301 g/mol. The van der Waals surface area contributed by atoms with Gasteiger partial charge in [-0.3, -0.25) is 4.79 Å². The second-order valence-corrected chi connectivity index (χ2v) is 5.30. The topological polar surface area (TPSA) is 55.4 Å². The summed E-state index contributed by atoms with van der Waals surface area (Å²) in [7, 11) is 0. The number of aryl methyl sites for hydroxylation is 1. The van der Waals surface area contributed by atoms with Gasteiger partial charge >= 0.3 is 5.97 Å². The first kappa shape index (κ1) is 15.0. The van der Waals surface area contributed by atoms with Crippen LogP contribution in [0.4, 0.5) is 5.69 Å². The molecule has 0 saturated heterocycles. The third-order valence-corrected chi connectivity index (χ3v) is 3.53. The van der Waals surface area contributed by atoms with Crippen LogP contribution in [-0.4, -0.2) is 18.5 Å². The highest BCUT2D eigenvalue weighted by molar-refractivity contribution is 7.10. The Labute approximate surface area is 127 Å². The third-order valence-electron chi connectivity index (χ3n) is 2.69. The molecule has 5 heteroatoms. The SMILES string of the molecule is Cc1ccccc1NC(=O)COC(=O)/C=C/c1cccs1. The molecular formula is C16H15NO3S. The smallest absolute Gasteiger partial charge is 0.331 e. The Hall–Kier alpha value is -2.40. The van der Waals surface area contributed by atoms with Crippen LogP contribution in [-0.2, 0) is 14.3 Å². The maximum absolute atomic E-state index is 11.7. The molecule has 1 heterocycles. The number of hydrogen-bond donors (Lipinski definition) is 1. The number of amides is 1. The minimum atomic E-state index is -0.539. The van der Waals surface area contributed by atoms with Crippen molar-refractivity contribution in [2.45, 2.75) is 6.92 Å². The lowest BCUT2D eigenvalue weighted by Crippen LogP contribution is -2.20. The van der Waals surface area contributed by atoms with Crippen LogP contribution >= 0.6 is 11.3 Å². The van der Waals surface area contributed by atoms with Gasteiger partial charge in [0.1, 0.15) is 0 Å². The van der Waals surface area contributed by atoms with E-state index >= 15 is 0 Å². The number of benzene rings is 1. The number of para-hydroxylation sites is 1. The van der Waals surface area contributed by atoms with E-state index in [-0.39, 0.29) is 12.5 Å². The number of thiophene rings is 1. The average Bonchev–Trinajstić information content (AvgIpc) is 2.99. The van der Waals surface area contributed by atoms with E-state index in [0.717, 1.165) is 10.4 Å². The third kappa shape index (κ3) is 4.89. The molecule has 1 amide bonds. The van der Waals surface area contributed by atoms with Crippen molar-refractivity contribution in [1.29, 1.82) is 0 Å². The Morgan fingerprint density at radius 3 is 2.76 bits per heavy atom. The number of rotatable bonds is 5. The minimum Gasteiger partial charge on any atom is -0.452 e. The monoisotopic (exact) mass is 301 g/mol. The van der Waals surface area contributed by atoms with Crippen LogP contribution in [0.1, 0.15) is 10.4 Å². The van der Waals surface area contributed by atoms with Gasteiger partial charge in [0.2, 0.25) is 0 Å². The molecule has 2 aromatic rings. The maximum atomic E-state index is 11.7. The summed E-state index contributed by atoms with van der Waals surface area (Å²) in [6.45, 7) is 1.59. The second kappa shape index (κ2) is 7.40. The molecular weight excluding hydrogens is 286 g/mol. The van der Waals surface area contributed by atoms with E-state index in [1.54, 1.807) is 12.1 Å². The molecule has 0 bridgehead atoms. The summed E-state index contributed by atoms with van der Waals surface area (Å²) in [4.78, 5) is 24.1. The number of hydrogen-bond acceptors (Lipinski definition) is 4. The van der Waals surface area contributed by atoms with Crippen LogP contribution in [0.15, 0.2) is 47.9 Å². The molecule has 0 saturated carbocycles. The Morgan fingerprint density at radius 1 is 1.24 bits per heavy atom. The second-order valence-electron chi connectivity index (χ2n) is 4.32. The van der Waals surface area contributed by atoms with Crippen LogP contribution in [0.5, 0.6) is 0 Å². The highest BCUT2D eigenvalue weighted by Gasteiger charge is 2.06. The van der Waals surface area contributed by atoms with Crippen LogP contribution < -0.4 is 5.32 Å². The molecule has 108 valence electrons. The van der Waals surface area contributed by atoms with Crippen molar-refractivity contribution in [1.82, 2.24) is 0 Å². The molecule has 0 spiro atoms. The van der Waals surface area contributed by atoms with Crippen molar-refractivity contribution < 1.29 is 14.3 Å². The maximum Gasteiger partial charge on any atom is 0.331 e. The fraction of sp³-hybridized carbons (Fsp3) is 0.125. The molecule has 2 rings (SSSR count). The quantitative estimate of drug-likeness (QED) is 0.681. The Bertz CT molecular complexity index is 647. The van der Waals surface area contributed by atoms with Crippen LogP contribution in [0.2, 0.25) is 0 Å². The van der Waals surface area contributed by atoms with Crippen molar-refractivity contribution in [3.05, 3.63) is 58.3 Å². The van der Waals surface area contributed by atoms with E-state index in [0.29, 0.717) is 5.69 Å². The predicted octanol–water partition coefficient (Wildman–Crippen LogP) is 3.25. The normalized spacial score (nSPS) is 10.5. The minimum absolute atomic E-state index is 0.304. The summed E-state index contributed by atoms with van der Waals surface area (Å²) in [5, 5.41) is 4.61. The lowest BCUT2D eigenvalue weighted by molar-refractivity contribution is -0.142. The van der Waals surface area contributed by atoms with Gasteiger partial charge in [0.05, 0.1) is 0 Å². The molecule has 0 radical (unpaired) electrons. The van der Waals surface area contributed by atoms with Crippen molar-refractivity contribution in [2.75, 3.05) is 11.9 Å². The molecule has 0 aliphatic carbocycles. The molecule has 0 unspecified atom stereocenters. The first-order valence-corrected chi connectivity index (χ1v) is 7.27. The van der Waals surface area contributed by atoms with Crippen LogP contribution in [0.25, 0.3) is 6.08 Å². The summed E-state index contributed by atoms with van der Waals surface area (Å²) < 4.78 is 4.88. The number of carbonyl (C=O) groups excluding carboxylic acids is 2. The van der Waals surface area contributed by atoms with Gasteiger partial charge in [0.25, 0.3) is 5.91 Å². The predicted molar refractivity (Wildman–Crippen MR) is 84.1 cm³/mol. The van der Waals surface area contributed by atoms with E-state index in [1.807, 2.05) is 42.6 Å². The largest absolute Gasteiger partial charge is 0.452 e. The van der Waals surface area contributed by atoms with Gasteiger partial charge in [-0.1, -0.05) is 24.3 Å². The number of ether oxygens (including phenoxy) is 1. The van der Waals surface area contributed by atoms with E-state index in [9.17, 15) is 9.59 Å². The summed E-state index contributed by atoms with van der Waals surface area (Å²) in [5.41, 5.74) is 1.67. The molecule has 21 heavy (non-hydrogen) atoms. The molecule has 1 N–H and O–H groups in total. The van der Waals surface area contributed by atoms with E-state index in [4.69, 9.17) is 4.74 Å². The molecule has 0 fully saturated rings. The molecule has 1 aromatic heterocycles. The lowest BCUT2D eigenvalue weighted by atomic mass is 10.2. The molecule has 4 nitrogen and oxygen atoms in total. The number of anilines is 1. The highest BCUT2D eigenvalue weighted by Crippen LogP contribution is 2.13. The van der Waals surface area contributed by atoms with Crippen molar-refractivity contribution >= 4 is 35.0 Å². The molecule has 0 aliphatic rings. The summed E-state index contributed by atoms with van der Waals surface area (Å²) in [6, 6.07) is 11.2.